The average Bonchev–Trinajstić information content (AvgIpc) is 2.15. The van der Waals surface area contributed by atoms with Crippen molar-refractivity contribution in [2.24, 2.45) is 5.73 Å². The summed E-state index contributed by atoms with van der Waals surface area (Å²) in [5, 5.41) is 0. The van der Waals surface area contributed by atoms with Crippen LogP contribution >= 0.6 is 0 Å². The monoisotopic (exact) mass is 264 g/mol. The van der Waals surface area contributed by atoms with E-state index in [0.717, 1.165) is 16.4 Å². The van der Waals surface area contributed by atoms with Gasteiger partial charge in [0.15, 0.2) is 0 Å². The van der Waals surface area contributed by atoms with Crippen LogP contribution in [0, 0.1) is 11.6 Å². The number of hydrogen-bond acceptors (Lipinski definition) is 3. The van der Waals surface area contributed by atoms with Crippen molar-refractivity contribution in [3.63, 3.8) is 0 Å². The van der Waals surface area contributed by atoms with Gasteiger partial charge in [-0.25, -0.2) is 17.2 Å². The summed E-state index contributed by atoms with van der Waals surface area (Å²) in [5.41, 5.74) is 5.47. The Labute approximate surface area is 99.1 Å². The van der Waals surface area contributed by atoms with Crippen molar-refractivity contribution >= 4 is 10.0 Å². The van der Waals surface area contributed by atoms with Gasteiger partial charge in [-0.15, -0.1) is 0 Å². The lowest BCUT2D eigenvalue weighted by molar-refractivity contribution is 0.439. The van der Waals surface area contributed by atoms with Crippen molar-refractivity contribution in [1.29, 1.82) is 0 Å². The fourth-order valence-electron chi connectivity index (χ4n) is 1.36. The maximum Gasteiger partial charge on any atom is 0.245 e. The molecule has 0 amide bonds. The van der Waals surface area contributed by atoms with Crippen molar-refractivity contribution in [1.82, 2.24) is 4.31 Å². The third-order valence-electron chi connectivity index (χ3n) is 2.13. The molecule has 0 radical (unpaired) electrons. The number of rotatable bonds is 4. The van der Waals surface area contributed by atoms with Crippen LogP contribution in [0.2, 0.25) is 0 Å². The minimum Gasteiger partial charge on any atom is -0.327 e. The Balaban J connectivity index is 3.13. The van der Waals surface area contributed by atoms with Gasteiger partial charge in [0.2, 0.25) is 10.0 Å². The first-order chi connectivity index (χ1) is 7.75. The summed E-state index contributed by atoms with van der Waals surface area (Å²) >= 11 is 0. The molecule has 96 valence electrons. The molecule has 1 unspecified atom stereocenters. The van der Waals surface area contributed by atoms with Gasteiger partial charge in [-0.05, 0) is 19.1 Å². The highest BCUT2D eigenvalue weighted by Gasteiger charge is 2.25. The van der Waals surface area contributed by atoms with Gasteiger partial charge >= 0.3 is 0 Å². The van der Waals surface area contributed by atoms with E-state index >= 15 is 0 Å². The van der Waals surface area contributed by atoms with Gasteiger partial charge in [-0.1, -0.05) is 0 Å². The molecule has 17 heavy (non-hydrogen) atoms. The zero-order chi connectivity index (χ0) is 13.2. The minimum atomic E-state index is -3.97. The van der Waals surface area contributed by atoms with Crippen LogP contribution in [-0.2, 0) is 10.0 Å². The highest BCUT2D eigenvalue weighted by atomic mass is 32.2. The van der Waals surface area contributed by atoms with E-state index in [2.05, 4.69) is 0 Å². The SMILES string of the molecule is CC(N)CN(C)S(=O)(=O)c1ccc(F)cc1F. The lowest BCUT2D eigenvalue weighted by atomic mass is 10.3. The zero-order valence-electron chi connectivity index (χ0n) is 9.52. The van der Waals surface area contributed by atoms with Crippen LogP contribution in [0.5, 0.6) is 0 Å². The van der Waals surface area contributed by atoms with Crippen LogP contribution in [0.3, 0.4) is 0 Å². The highest BCUT2D eigenvalue weighted by Crippen LogP contribution is 2.19. The van der Waals surface area contributed by atoms with Gasteiger partial charge in [-0.3, -0.25) is 0 Å². The van der Waals surface area contributed by atoms with Gasteiger partial charge in [0, 0.05) is 25.7 Å². The first-order valence-corrected chi connectivity index (χ1v) is 6.36. The molecule has 0 bridgehead atoms. The quantitative estimate of drug-likeness (QED) is 0.880. The third kappa shape index (κ3) is 3.21. The molecule has 0 aliphatic rings. The Bertz CT molecular complexity index is 503. The van der Waals surface area contributed by atoms with E-state index in [4.69, 9.17) is 5.73 Å². The van der Waals surface area contributed by atoms with Gasteiger partial charge in [0.05, 0.1) is 0 Å². The number of sulfonamides is 1. The molecule has 1 rings (SSSR count). The molecule has 0 aliphatic carbocycles. The lowest BCUT2D eigenvalue weighted by Crippen LogP contribution is -2.37. The normalized spacial score (nSPS) is 14.0. The molecule has 4 nitrogen and oxygen atoms in total. The number of hydrogen-bond donors (Lipinski definition) is 1. The highest BCUT2D eigenvalue weighted by molar-refractivity contribution is 7.89. The van der Waals surface area contributed by atoms with Crippen LogP contribution in [0.1, 0.15) is 6.92 Å². The predicted octanol–water partition coefficient (Wildman–Crippen LogP) is 0.933. The van der Waals surface area contributed by atoms with Crippen molar-refractivity contribution in [3.8, 4) is 0 Å². The largest absolute Gasteiger partial charge is 0.327 e. The first-order valence-electron chi connectivity index (χ1n) is 4.92. The third-order valence-corrected chi connectivity index (χ3v) is 3.98. The second-order valence-electron chi connectivity index (χ2n) is 3.84. The Morgan fingerprint density at radius 2 is 2.00 bits per heavy atom. The molecule has 1 aromatic rings. The molecule has 0 fully saturated rings. The number of nitrogens with two attached hydrogens (primary N) is 1. The molecule has 0 saturated carbocycles. The second-order valence-corrected chi connectivity index (χ2v) is 5.85. The summed E-state index contributed by atoms with van der Waals surface area (Å²) < 4.78 is 50.8. The van der Waals surface area contributed by atoms with Gasteiger partial charge in [0.25, 0.3) is 0 Å². The Kier molecular flexibility index (Phi) is 4.18. The predicted molar refractivity (Wildman–Crippen MR) is 59.8 cm³/mol. The summed E-state index contributed by atoms with van der Waals surface area (Å²) in [7, 11) is -2.68. The summed E-state index contributed by atoms with van der Waals surface area (Å²) in [6.07, 6.45) is 0. The molecule has 0 saturated heterocycles. The first kappa shape index (κ1) is 14.0. The van der Waals surface area contributed by atoms with E-state index < -0.39 is 26.6 Å². The van der Waals surface area contributed by atoms with E-state index in [-0.39, 0.29) is 12.6 Å². The summed E-state index contributed by atoms with van der Waals surface area (Å²) in [6.45, 7) is 1.69. The van der Waals surface area contributed by atoms with Crippen molar-refractivity contribution in [2.75, 3.05) is 13.6 Å². The Morgan fingerprint density at radius 3 is 2.47 bits per heavy atom. The Hall–Kier alpha value is -1.05. The molecule has 0 heterocycles. The van der Waals surface area contributed by atoms with Gasteiger partial charge in [-0.2, -0.15) is 4.31 Å². The van der Waals surface area contributed by atoms with Crippen molar-refractivity contribution in [2.45, 2.75) is 17.9 Å². The Morgan fingerprint density at radius 1 is 1.41 bits per heavy atom. The van der Waals surface area contributed by atoms with E-state index in [1.165, 1.54) is 7.05 Å². The van der Waals surface area contributed by atoms with E-state index in [0.29, 0.717) is 6.07 Å². The molecule has 0 aliphatic heterocycles. The number of nitrogens with zero attached hydrogens (tertiary/aromatic N) is 1. The summed E-state index contributed by atoms with van der Waals surface area (Å²) in [4.78, 5) is -0.554. The smallest absolute Gasteiger partial charge is 0.245 e. The van der Waals surface area contributed by atoms with Crippen LogP contribution in [0.25, 0.3) is 0 Å². The number of halogens is 2. The maximum atomic E-state index is 13.4. The van der Waals surface area contributed by atoms with Crippen LogP contribution in [0.15, 0.2) is 23.1 Å². The minimum absolute atomic E-state index is 0.0547. The zero-order valence-corrected chi connectivity index (χ0v) is 10.3. The average molecular weight is 264 g/mol. The molecule has 0 aromatic heterocycles. The molecule has 7 heteroatoms. The molecule has 1 aromatic carbocycles. The lowest BCUT2D eigenvalue weighted by Gasteiger charge is -2.19. The summed E-state index contributed by atoms with van der Waals surface area (Å²) in [6, 6.07) is 1.96. The second kappa shape index (κ2) is 5.07. The number of likely N-dealkylation sites (N-methyl/N-ethyl adjacent to an activating group) is 1. The fraction of sp³-hybridized carbons (Fsp3) is 0.400. The molecule has 1 atom stereocenters. The summed E-state index contributed by atoms with van der Waals surface area (Å²) in [5.74, 6) is -1.93. The topological polar surface area (TPSA) is 63.4 Å². The molecule has 0 spiro atoms. The molecular formula is C10H14F2N2O2S. The van der Waals surface area contributed by atoms with Crippen LogP contribution in [0.4, 0.5) is 8.78 Å². The standard InChI is InChI=1S/C10H14F2N2O2S/c1-7(13)6-14(2)17(15,16)10-4-3-8(11)5-9(10)12/h3-5,7H,6,13H2,1-2H3. The molecule has 2 N–H and O–H groups in total. The number of benzene rings is 1. The fourth-order valence-corrected chi connectivity index (χ4v) is 2.67. The van der Waals surface area contributed by atoms with Crippen molar-refractivity contribution in [3.05, 3.63) is 29.8 Å². The van der Waals surface area contributed by atoms with E-state index in [1.54, 1.807) is 6.92 Å². The van der Waals surface area contributed by atoms with Gasteiger partial charge in [0.1, 0.15) is 16.5 Å². The van der Waals surface area contributed by atoms with Gasteiger partial charge < -0.3 is 5.73 Å². The van der Waals surface area contributed by atoms with Crippen LogP contribution in [-0.4, -0.2) is 32.4 Å². The van der Waals surface area contributed by atoms with E-state index in [9.17, 15) is 17.2 Å². The van der Waals surface area contributed by atoms with E-state index in [1.807, 2.05) is 0 Å². The molecular weight excluding hydrogens is 250 g/mol. The maximum absolute atomic E-state index is 13.4. The van der Waals surface area contributed by atoms with Crippen LogP contribution < -0.4 is 5.73 Å². The van der Waals surface area contributed by atoms with Crippen molar-refractivity contribution < 1.29 is 17.2 Å².